The first kappa shape index (κ1) is 15.4. The fourth-order valence-corrected chi connectivity index (χ4v) is 3.22. The van der Waals surface area contributed by atoms with E-state index >= 15 is 0 Å². The molecule has 112 valence electrons. The molecular formula is C15H24ClN3O. The van der Waals surface area contributed by atoms with Gasteiger partial charge in [-0.2, -0.15) is 0 Å². The molecule has 20 heavy (non-hydrogen) atoms. The van der Waals surface area contributed by atoms with Gasteiger partial charge in [-0.1, -0.05) is 19.8 Å². The second-order valence-corrected chi connectivity index (χ2v) is 6.42. The smallest absolute Gasteiger partial charge is 0.218 e. The van der Waals surface area contributed by atoms with Gasteiger partial charge in [-0.05, 0) is 32.6 Å². The minimum absolute atomic E-state index is 0.0529. The van der Waals surface area contributed by atoms with Gasteiger partial charge in [0.15, 0.2) is 0 Å². The highest BCUT2D eigenvalue weighted by Gasteiger charge is 2.34. The summed E-state index contributed by atoms with van der Waals surface area (Å²) in [6.07, 6.45) is 6.31. The summed E-state index contributed by atoms with van der Waals surface area (Å²) in [6.45, 7) is 6.26. The van der Waals surface area contributed by atoms with Crippen molar-refractivity contribution in [2.75, 3.05) is 11.2 Å². The molecule has 1 saturated carbocycles. The number of hydrogen-bond acceptors (Lipinski definition) is 4. The van der Waals surface area contributed by atoms with Gasteiger partial charge >= 0.3 is 0 Å². The van der Waals surface area contributed by atoms with Gasteiger partial charge in [0.25, 0.3) is 0 Å². The SMILES string of the molecule is CC1CCCC(CCl)(Nc2cc(OC(C)C)ncn2)C1. The van der Waals surface area contributed by atoms with Crippen LogP contribution in [-0.2, 0) is 0 Å². The van der Waals surface area contributed by atoms with Crippen molar-refractivity contribution in [1.29, 1.82) is 0 Å². The molecule has 0 amide bonds. The van der Waals surface area contributed by atoms with E-state index in [9.17, 15) is 0 Å². The van der Waals surface area contributed by atoms with E-state index in [4.69, 9.17) is 16.3 Å². The average Bonchev–Trinajstić information content (AvgIpc) is 2.38. The number of ether oxygens (including phenoxy) is 1. The molecule has 1 N–H and O–H groups in total. The maximum Gasteiger partial charge on any atom is 0.218 e. The minimum Gasteiger partial charge on any atom is -0.475 e. The van der Waals surface area contributed by atoms with Crippen LogP contribution in [0.5, 0.6) is 5.88 Å². The fourth-order valence-electron chi connectivity index (χ4n) is 2.91. The Bertz CT molecular complexity index is 441. The van der Waals surface area contributed by atoms with Crippen LogP contribution in [0.1, 0.15) is 46.5 Å². The summed E-state index contributed by atoms with van der Waals surface area (Å²) in [5, 5.41) is 3.53. The van der Waals surface area contributed by atoms with Crippen LogP contribution in [0, 0.1) is 5.92 Å². The van der Waals surface area contributed by atoms with Gasteiger partial charge in [0.1, 0.15) is 12.1 Å². The van der Waals surface area contributed by atoms with Crippen LogP contribution in [0.4, 0.5) is 5.82 Å². The highest BCUT2D eigenvalue weighted by Crippen LogP contribution is 2.35. The molecule has 0 saturated heterocycles. The molecule has 2 atom stereocenters. The zero-order chi connectivity index (χ0) is 14.6. The van der Waals surface area contributed by atoms with Crippen molar-refractivity contribution in [2.24, 2.45) is 5.92 Å². The standard InChI is InChI=1S/C15H24ClN3O/c1-11(2)20-14-7-13(17-10-18-14)19-15(9-16)6-4-5-12(3)8-15/h7,10-12H,4-6,8-9H2,1-3H3,(H,17,18,19). The van der Waals surface area contributed by atoms with Gasteiger partial charge in [-0.3, -0.25) is 0 Å². The van der Waals surface area contributed by atoms with E-state index in [-0.39, 0.29) is 11.6 Å². The highest BCUT2D eigenvalue weighted by atomic mass is 35.5. The lowest BCUT2D eigenvalue weighted by Crippen LogP contribution is -2.44. The van der Waals surface area contributed by atoms with Crippen molar-refractivity contribution < 1.29 is 4.74 Å². The predicted molar refractivity (Wildman–Crippen MR) is 82.5 cm³/mol. The Kier molecular flexibility index (Phi) is 5.08. The molecule has 1 aliphatic carbocycles. The van der Waals surface area contributed by atoms with Crippen molar-refractivity contribution in [3.8, 4) is 5.88 Å². The van der Waals surface area contributed by atoms with Gasteiger partial charge in [-0.25, -0.2) is 9.97 Å². The van der Waals surface area contributed by atoms with Crippen molar-refractivity contribution in [1.82, 2.24) is 9.97 Å². The minimum atomic E-state index is -0.0529. The van der Waals surface area contributed by atoms with Crippen LogP contribution in [0.15, 0.2) is 12.4 Å². The fraction of sp³-hybridized carbons (Fsp3) is 0.733. The first-order valence-electron chi connectivity index (χ1n) is 7.36. The number of alkyl halides is 1. The molecule has 1 aromatic rings. The first-order valence-corrected chi connectivity index (χ1v) is 7.89. The Morgan fingerprint density at radius 2 is 2.30 bits per heavy atom. The normalized spacial score (nSPS) is 26.6. The van der Waals surface area contributed by atoms with Crippen LogP contribution >= 0.6 is 11.6 Å². The van der Waals surface area contributed by atoms with Crippen LogP contribution < -0.4 is 10.1 Å². The molecule has 0 aliphatic heterocycles. The first-order chi connectivity index (χ1) is 9.53. The molecule has 2 unspecified atom stereocenters. The van der Waals surface area contributed by atoms with Gasteiger partial charge in [0.2, 0.25) is 5.88 Å². The van der Waals surface area contributed by atoms with Crippen LogP contribution in [-0.4, -0.2) is 27.5 Å². The second-order valence-electron chi connectivity index (χ2n) is 6.15. The number of nitrogens with one attached hydrogen (secondary N) is 1. The molecule has 4 nitrogen and oxygen atoms in total. The molecule has 1 fully saturated rings. The molecule has 0 radical (unpaired) electrons. The molecule has 1 heterocycles. The molecule has 0 aromatic carbocycles. The van der Waals surface area contributed by atoms with Gasteiger partial charge < -0.3 is 10.1 Å². The number of rotatable bonds is 5. The quantitative estimate of drug-likeness (QED) is 0.838. The third-order valence-electron chi connectivity index (χ3n) is 3.74. The third kappa shape index (κ3) is 3.98. The zero-order valence-corrected chi connectivity index (χ0v) is 13.3. The van der Waals surface area contributed by atoms with E-state index in [0.717, 1.165) is 18.7 Å². The summed E-state index contributed by atoms with van der Waals surface area (Å²) in [5.74, 6) is 2.70. The number of nitrogens with zero attached hydrogens (tertiary/aromatic N) is 2. The van der Waals surface area contributed by atoms with Crippen molar-refractivity contribution in [3.05, 3.63) is 12.4 Å². The molecule has 0 bridgehead atoms. The summed E-state index contributed by atoms with van der Waals surface area (Å²) in [7, 11) is 0. The monoisotopic (exact) mass is 297 g/mol. The zero-order valence-electron chi connectivity index (χ0n) is 12.5. The van der Waals surface area contributed by atoms with Gasteiger partial charge in [-0.15, -0.1) is 11.6 Å². The van der Waals surface area contributed by atoms with E-state index in [0.29, 0.717) is 17.7 Å². The molecular weight excluding hydrogens is 274 g/mol. The number of halogens is 1. The molecule has 5 heteroatoms. The molecule has 1 aromatic heterocycles. The van der Waals surface area contributed by atoms with E-state index in [1.54, 1.807) is 0 Å². The van der Waals surface area contributed by atoms with Crippen LogP contribution in [0.25, 0.3) is 0 Å². The summed E-state index contributed by atoms with van der Waals surface area (Å²) in [5.41, 5.74) is -0.0529. The van der Waals surface area contributed by atoms with E-state index in [1.807, 2.05) is 19.9 Å². The predicted octanol–water partition coefficient (Wildman–Crippen LogP) is 3.86. The Labute approximate surface area is 126 Å². The Morgan fingerprint density at radius 3 is 2.95 bits per heavy atom. The molecule has 1 aliphatic rings. The number of aromatic nitrogens is 2. The van der Waals surface area contributed by atoms with E-state index < -0.39 is 0 Å². The molecule has 0 spiro atoms. The van der Waals surface area contributed by atoms with Crippen molar-refractivity contribution >= 4 is 17.4 Å². The highest BCUT2D eigenvalue weighted by molar-refractivity contribution is 6.18. The third-order valence-corrected chi connectivity index (χ3v) is 4.25. The van der Waals surface area contributed by atoms with Crippen molar-refractivity contribution in [2.45, 2.75) is 58.1 Å². The summed E-state index contributed by atoms with van der Waals surface area (Å²) < 4.78 is 5.61. The summed E-state index contributed by atoms with van der Waals surface area (Å²) in [6, 6.07) is 1.85. The second kappa shape index (κ2) is 6.61. The summed E-state index contributed by atoms with van der Waals surface area (Å²) in [4.78, 5) is 8.43. The Morgan fingerprint density at radius 1 is 1.50 bits per heavy atom. The summed E-state index contributed by atoms with van der Waals surface area (Å²) >= 11 is 6.24. The Hall–Kier alpha value is -1.03. The van der Waals surface area contributed by atoms with E-state index in [2.05, 4.69) is 22.2 Å². The van der Waals surface area contributed by atoms with E-state index in [1.165, 1.54) is 19.2 Å². The maximum absolute atomic E-state index is 6.24. The van der Waals surface area contributed by atoms with Gasteiger partial charge in [0, 0.05) is 11.9 Å². The lowest BCUT2D eigenvalue weighted by molar-refractivity contribution is 0.232. The largest absolute Gasteiger partial charge is 0.475 e. The molecule has 2 rings (SSSR count). The van der Waals surface area contributed by atoms with Crippen molar-refractivity contribution in [3.63, 3.8) is 0 Å². The topological polar surface area (TPSA) is 47.0 Å². The Balaban J connectivity index is 2.11. The van der Waals surface area contributed by atoms with Crippen LogP contribution in [0.2, 0.25) is 0 Å². The maximum atomic E-state index is 6.24. The average molecular weight is 298 g/mol. The van der Waals surface area contributed by atoms with Gasteiger partial charge in [0.05, 0.1) is 11.6 Å². The van der Waals surface area contributed by atoms with Crippen LogP contribution in [0.3, 0.4) is 0 Å². The number of hydrogen-bond donors (Lipinski definition) is 1. The number of anilines is 1. The lowest BCUT2D eigenvalue weighted by atomic mass is 9.77. The lowest BCUT2D eigenvalue weighted by Gasteiger charge is -2.39.